The third-order valence-electron chi connectivity index (χ3n) is 4.85. The van der Waals surface area contributed by atoms with Crippen LogP contribution in [-0.2, 0) is 4.79 Å². The first kappa shape index (κ1) is 26.7. The lowest BCUT2D eigenvalue weighted by atomic mass is 10.2. The van der Waals surface area contributed by atoms with Crippen molar-refractivity contribution in [3.63, 3.8) is 0 Å². The van der Waals surface area contributed by atoms with Gasteiger partial charge < -0.3 is 18.9 Å². The van der Waals surface area contributed by atoms with E-state index in [0.717, 1.165) is 23.1 Å². The number of halogens is 1. The summed E-state index contributed by atoms with van der Waals surface area (Å²) in [4.78, 5) is 24.7. The summed E-state index contributed by atoms with van der Waals surface area (Å²) in [5.74, 6) is 1.24. The van der Waals surface area contributed by atoms with Crippen molar-refractivity contribution in [3.05, 3.63) is 82.3 Å². The van der Waals surface area contributed by atoms with Gasteiger partial charge in [0, 0.05) is 10.0 Å². The van der Waals surface area contributed by atoms with Gasteiger partial charge in [0.25, 0.3) is 5.91 Å². The van der Waals surface area contributed by atoms with E-state index >= 15 is 0 Å². The minimum absolute atomic E-state index is 0.217. The molecule has 1 N–H and O–H groups in total. The number of unbranched alkanes of at least 4 members (excludes halogenated alkanes) is 1. The molecule has 0 aliphatic rings. The fourth-order valence-electron chi connectivity index (χ4n) is 2.92. The van der Waals surface area contributed by atoms with Crippen LogP contribution in [0.4, 0.5) is 0 Å². The van der Waals surface area contributed by atoms with Gasteiger partial charge in [0.15, 0.2) is 6.61 Å². The quantitative estimate of drug-likeness (QED) is 0.106. The van der Waals surface area contributed by atoms with E-state index in [9.17, 15) is 9.59 Å². The number of hydrazone groups is 1. The number of nitrogens with zero attached hydrogens (tertiary/aromatic N) is 1. The molecule has 0 fully saturated rings. The highest BCUT2D eigenvalue weighted by atomic mass is 79.9. The van der Waals surface area contributed by atoms with Gasteiger partial charge in [-0.25, -0.2) is 10.2 Å². The van der Waals surface area contributed by atoms with E-state index in [1.54, 1.807) is 73.8 Å². The number of methoxy groups -OCH3 is 1. The van der Waals surface area contributed by atoms with Gasteiger partial charge >= 0.3 is 5.97 Å². The Morgan fingerprint density at radius 2 is 1.61 bits per heavy atom. The average molecular weight is 555 g/mol. The highest BCUT2D eigenvalue weighted by Gasteiger charge is 2.12. The van der Waals surface area contributed by atoms with Crippen molar-refractivity contribution in [2.75, 3.05) is 20.3 Å². The molecule has 1 amide bonds. The van der Waals surface area contributed by atoms with Crippen molar-refractivity contribution in [1.82, 2.24) is 5.43 Å². The molecule has 0 aliphatic carbocycles. The number of amides is 1. The summed E-state index contributed by atoms with van der Waals surface area (Å²) in [5, 5.41) is 3.96. The van der Waals surface area contributed by atoms with Crippen molar-refractivity contribution in [1.29, 1.82) is 0 Å². The van der Waals surface area contributed by atoms with Gasteiger partial charge in [0.05, 0.1) is 25.5 Å². The SMILES string of the molecule is CCCCOc1ccc(OCC(=O)NN=Cc2cc(Br)ccc2OC(=O)c2ccc(OC)cc2)cc1. The zero-order valence-electron chi connectivity index (χ0n) is 20.0. The molecule has 0 atom stereocenters. The maximum absolute atomic E-state index is 12.5. The first-order valence-corrected chi connectivity index (χ1v) is 12.1. The summed E-state index contributed by atoms with van der Waals surface area (Å²) < 4.78 is 22.5. The second-order valence-electron chi connectivity index (χ2n) is 7.56. The predicted molar refractivity (Wildman–Crippen MR) is 140 cm³/mol. The number of rotatable bonds is 12. The van der Waals surface area contributed by atoms with Crippen molar-refractivity contribution >= 4 is 34.0 Å². The molecule has 3 aromatic carbocycles. The van der Waals surface area contributed by atoms with Crippen LogP contribution in [0.1, 0.15) is 35.7 Å². The van der Waals surface area contributed by atoms with Crippen LogP contribution in [0.15, 0.2) is 76.3 Å². The van der Waals surface area contributed by atoms with Crippen molar-refractivity contribution < 1.29 is 28.5 Å². The van der Waals surface area contributed by atoms with Crippen molar-refractivity contribution in [3.8, 4) is 23.0 Å². The van der Waals surface area contributed by atoms with Crippen LogP contribution in [0.25, 0.3) is 0 Å². The number of hydrogen-bond acceptors (Lipinski definition) is 7. The molecule has 0 spiro atoms. The molecule has 36 heavy (non-hydrogen) atoms. The molecule has 0 unspecified atom stereocenters. The highest BCUT2D eigenvalue weighted by molar-refractivity contribution is 9.10. The molecule has 188 valence electrons. The molecule has 0 saturated carbocycles. The lowest BCUT2D eigenvalue weighted by molar-refractivity contribution is -0.123. The van der Waals surface area contributed by atoms with Crippen LogP contribution in [0.5, 0.6) is 23.0 Å². The number of benzene rings is 3. The predicted octanol–water partition coefficient (Wildman–Crippen LogP) is 5.38. The maximum Gasteiger partial charge on any atom is 0.343 e. The summed E-state index contributed by atoms with van der Waals surface area (Å²) in [6.07, 6.45) is 3.45. The van der Waals surface area contributed by atoms with Gasteiger partial charge in [-0.1, -0.05) is 29.3 Å². The van der Waals surface area contributed by atoms with E-state index in [1.807, 2.05) is 0 Å². The Morgan fingerprint density at radius 1 is 0.944 bits per heavy atom. The summed E-state index contributed by atoms with van der Waals surface area (Å²) in [7, 11) is 1.55. The van der Waals surface area contributed by atoms with Gasteiger partial charge in [-0.05, 0) is 73.2 Å². The van der Waals surface area contributed by atoms with Crippen LogP contribution < -0.4 is 24.4 Å². The first-order chi connectivity index (χ1) is 17.5. The number of carbonyl (C=O) groups is 2. The van der Waals surface area contributed by atoms with E-state index in [2.05, 4.69) is 33.4 Å². The number of hydrogen-bond donors (Lipinski definition) is 1. The fourth-order valence-corrected chi connectivity index (χ4v) is 3.30. The standard InChI is InChI=1S/C27H27BrN2O6/c1-3-4-15-34-23-10-12-24(13-11-23)35-18-26(31)30-29-17-20-16-21(28)7-14-25(20)36-27(32)19-5-8-22(33-2)9-6-19/h5-14,16-17H,3-4,15,18H2,1-2H3,(H,30,31). The minimum Gasteiger partial charge on any atom is -0.497 e. The van der Waals surface area contributed by atoms with E-state index < -0.39 is 11.9 Å². The Bertz CT molecular complexity index is 1180. The summed E-state index contributed by atoms with van der Waals surface area (Å²) in [5.41, 5.74) is 3.26. The van der Waals surface area contributed by atoms with E-state index in [1.165, 1.54) is 6.21 Å². The highest BCUT2D eigenvalue weighted by Crippen LogP contribution is 2.23. The number of esters is 1. The monoisotopic (exact) mass is 554 g/mol. The lowest BCUT2D eigenvalue weighted by Crippen LogP contribution is -2.24. The summed E-state index contributed by atoms with van der Waals surface area (Å²) in [6.45, 7) is 2.55. The lowest BCUT2D eigenvalue weighted by Gasteiger charge is -2.09. The summed E-state index contributed by atoms with van der Waals surface area (Å²) >= 11 is 3.39. The normalized spacial score (nSPS) is 10.6. The van der Waals surface area contributed by atoms with Crippen LogP contribution in [0.2, 0.25) is 0 Å². The Labute approximate surface area is 218 Å². The molecule has 9 heteroatoms. The number of ether oxygens (including phenoxy) is 4. The molecular weight excluding hydrogens is 528 g/mol. The van der Waals surface area contributed by atoms with Crippen LogP contribution >= 0.6 is 15.9 Å². The second-order valence-corrected chi connectivity index (χ2v) is 8.47. The van der Waals surface area contributed by atoms with Gasteiger partial charge in [0.2, 0.25) is 0 Å². The Morgan fingerprint density at radius 3 is 2.28 bits per heavy atom. The van der Waals surface area contributed by atoms with Crippen LogP contribution in [-0.4, -0.2) is 38.4 Å². The van der Waals surface area contributed by atoms with Gasteiger partial charge in [-0.2, -0.15) is 5.10 Å². The van der Waals surface area contributed by atoms with E-state index in [-0.39, 0.29) is 12.4 Å². The minimum atomic E-state index is -0.533. The topological polar surface area (TPSA) is 95.5 Å². The fraction of sp³-hybridized carbons (Fsp3) is 0.222. The number of nitrogens with one attached hydrogen (secondary N) is 1. The van der Waals surface area contributed by atoms with Crippen molar-refractivity contribution in [2.24, 2.45) is 5.10 Å². The Kier molecular flexibility index (Phi) is 10.3. The maximum atomic E-state index is 12.5. The smallest absolute Gasteiger partial charge is 0.343 e. The molecule has 0 saturated heterocycles. The molecule has 0 heterocycles. The Hall–Kier alpha value is -3.85. The molecule has 0 aromatic heterocycles. The molecule has 0 radical (unpaired) electrons. The van der Waals surface area contributed by atoms with Gasteiger partial charge in [-0.3, -0.25) is 4.79 Å². The molecule has 0 aliphatic heterocycles. The largest absolute Gasteiger partial charge is 0.497 e. The van der Waals surface area contributed by atoms with Gasteiger partial charge in [0.1, 0.15) is 23.0 Å². The zero-order valence-corrected chi connectivity index (χ0v) is 21.6. The number of carbonyl (C=O) groups excluding carboxylic acids is 2. The van der Waals surface area contributed by atoms with E-state index in [0.29, 0.717) is 29.2 Å². The first-order valence-electron chi connectivity index (χ1n) is 11.3. The van der Waals surface area contributed by atoms with Crippen molar-refractivity contribution in [2.45, 2.75) is 19.8 Å². The van der Waals surface area contributed by atoms with Gasteiger partial charge in [-0.15, -0.1) is 0 Å². The Balaban J connectivity index is 1.53. The third-order valence-corrected chi connectivity index (χ3v) is 5.35. The summed E-state index contributed by atoms with van der Waals surface area (Å²) in [6, 6.07) is 18.7. The van der Waals surface area contributed by atoms with E-state index in [4.69, 9.17) is 18.9 Å². The molecule has 3 rings (SSSR count). The average Bonchev–Trinajstić information content (AvgIpc) is 2.90. The molecule has 0 bridgehead atoms. The van der Waals surface area contributed by atoms with Crippen LogP contribution in [0.3, 0.4) is 0 Å². The van der Waals surface area contributed by atoms with Crippen LogP contribution in [0, 0.1) is 0 Å². The molecule has 3 aromatic rings. The molecule has 8 nitrogen and oxygen atoms in total. The third kappa shape index (κ3) is 8.42. The zero-order chi connectivity index (χ0) is 25.8. The molecular formula is C27H27BrN2O6. The second kappa shape index (κ2) is 13.9.